The molecule has 0 aliphatic carbocycles. The molecule has 0 heterocycles. The minimum Gasteiger partial charge on any atom is -0.323 e. The number of carbonyl (C=O) groups excluding carboxylic acids is 1. The fraction of sp³-hybridized carbons (Fsp3) is 0.462. The van der Waals surface area contributed by atoms with Gasteiger partial charge in [-0.3, -0.25) is 4.79 Å². The van der Waals surface area contributed by atoms with Gasteiger partial charge in [-0.2, -0.15) is 0 Å². The first-order valence-electron chi connectivity index (χ1n) is 5.82. The number of thioether (sulfide) groups is 1. The summed E-state index contributed by atoms with van der Waals surface area (Å²) in [6, 6.07) is 6.21. The lowest BCUT2D eigenvalue weighted by atomic mass is 10.3. The van der Waals surface area contributed by atoms with Crippen molar-refractivity contribution in [3.05, 3.63) is 30.1 Å². The van der Waals surface area contributed by atoms with E-state index in [9.17, 15) is 9.18 Å². The van der Waals surface area contributed by atoms with Gasteiger partial charge >= 0.3 is 0 Å². The molecule has 1 aromatic rings. The molecule has 0 bridgehead atoms. The lowest BCUT2D eigenvalue weighted by molar-refractivity contribution is -0.115. The van der Waals surface area contributed by atoms with Crippen molar-refractivity contribution in [2.45, 2.75) is 31.9 Å². The first-order valence-corrected chi connectivity index (χ1v) is 6.87. The molecule has 0 spiro atoms. The summed E-state index contributed by atoms with van der Waals surface area (Å²) in [7, 11) is 0. The number of hydrogen-bond donors (Lipinski definition) is 1. The third kappa shape index (κ3) is 4.77. The molecule has 1 amide bonds. The minimum absolute atomic E-state index is 0.142. The van der Waals surface area contributed by atoms with Crippen molar-refractivity contribution >= 4 is 23.4 Å². The van der Waals surface area contributed by atoms with Gasteiger partial charge in [0.15, 0.2) is 0 Å². The van der Waals surface area contributed by atoms with Gasteiger partial charge in [0.2, 0.25) is 5.91 Å². The average molecular weight is 255 g/mol. The molecule has 1 aromatic carbocycles. The van der Waals surface area contributed by atoms with Crippen LogP contribution in [0.4, 0.5) is 10.1 Å². The average Bonchev–Trinajstić information content (AvgIpc) is 2.32. The molecule has 4 heteroatoms. The number of hydrogen-bond acceptors (Lipinski definition) is 2. The van der Waals surface area contributed by atoms with Crippen LogP contribution in [-0.2, 0) is 4.79 Å². The Labute approximate surface area is 106 Å². The Hall–Kier alpha value is -1.03. The van der Waals surface area contributed by atoms with Gasteiger partial charge in [0, 0.05) is 0 Å². The number of unbranched alkanes of at least 4 members (excludes halogenated alkanes) is 1. The van der Waals surface area contributed by atoms with E-state index in [1.165, 1.54) is 6.07 Å². The minimum atomic E-state index is -0.397. The van der Waals surface area contributed by atoms with Crippen LogP contribution in [0, 0.1) is 5.82 Å². The monoisotopic (exact) mass is 255 g/mol. The van der Waals surface area contributed by atoms with Crippen LogP contribution < -0.4 is 5.32 Å². The predicted molar refractivity (Wildman–Crippen MR) is 71.9 cm³/mol. The maximum absolute atomic E-state index is 13.3. The SMILES string of the molecule is CCCCSC(C)C(=O)Nc1ccccc1F. The maximum Gasteiger partial charge on any atom is 0.237 e. The molecule has 0 saturated carbocycles. The van der Waals surface area contributed by atoms with Crippen LogP contribution in [0.5, 0.6) is 0 Å². The highest BCUT2D eigenvalue weighted by molar-refractivity contribution is 8.00. The van der Waals surface area contributed by atoms with E-state index < -0.39 is 5.82 Å². The molecular weight excluding hydrogens is 237 g/mol. The summed E-state index contributed by atoms with van der Waals surface area (Å²) in [5, 5.41) is 2.45. The molecule has 1 N–H and O–H groups in total. The highest BCUT2D eigenvalue weighted by Crippen LogP contribution is 2.17. The van der Waals surface area contributed by atoms with Crippen LogP contribution in [0.1, 0.15) is 26.7 Å². The number of halogens is 1. The van der Waals surface area contributed by atoms with Crippen LogP contribution in [0.2, 0.25) is 0 Å². The van der Waals surface area contributed by atoms with E-state index in [1.807, 2.05) is 6.92 Å². The van der Waals surface area contributed by atoms with Gasteiger partial charge < -0.3 is 5.32 Å². The molecule has 0 aliphatic rings. The fourth-order valence-corrected chi connectivity index (χ4v) is 2.30. The number of anilines is 1. The molecule has 1 atom stereocenters. The van der Waals surface area contributed by atoms with E-state index in [4.69, 9.17) is 0 Å². The Morgan fingerprint density at radius 3 is 2.82 bits per heavy atom. The predicted octanol–water partition coefficient (Wildman–Crippen LogP) is 3.69. The third-order valence-electron chi connectivity index (χ3n) is 2.37. The fourth-order valence-electron chi connectivity index (χ4n) is 1.28. The van der Waals surface area contributed by atoms with E-state index in [1.54, 1.807) is 30.0 Å². The van der Waals surface area contributed by atoms with Crippen molar-refractivity contribution in [3.63, 3.8) is 0 Å². The third-order valence-corrected chi connectivity index (χ3v) is 3.61. The van der Waals surface area contributed by atoms with Gasteiger partial charge in [-0.25, -0.2) is 4.39 Å². The molecule has 1 unspecified atom stereocenters. The van der Waals surface area contributed by atoms with Gasteiger partial charge in [-0.15, -0.1) is 11.8 Å². The molecule has 0 saturated heterocycles. The lowest BCUT2D eigenvalue weighted by Gasteiger charge is -2.12. The van der Waals surface area contributed by atoms with E-state index in [0.717, 1.165) is 18.6 Å². The van der Waals surface area contributed by atoms with Gasteiger partial charge in [-0.1, -0.05) is 25.5 Å². The highest BCUT2D eigenvalue weighted by Gasteiger charge is 2.14. The summed E-state index contributed by atoms with van der Waals surface area (Å²) in [6.45, 7) is 3.96. The van der Waals surface area contributed by atoms with Crippen molar-refractivity contribution in [2.24, 2.45) is 0 Å². The van der Waals surface area contributed by atoms with Crippen LogP contribution in [0.15, 0.2) is 24.3 Å². The van der Waals surface area contributed by atoms with Crippen molar-refractivity contribution in [1.82, 2.24) is 0 Å². The summed E-state index contributed by atoms with van der Waals surface area (Å²) < 4.78 is 13.3. The van der Waals surface area contributed by atoms with Crippen molar-refractivity contribution in [3.8, 4) is 0 Å². The smallest absolute Gasteiger partial charge is 0.237 e. The van der Waals surface area contributed by atoms with Gasteiger partial charge in [0.05, 0.1) is 10.9 Å². The normalized spacial score (nSPS) is 12.2. The van der Waals surface area contributed by atoms with Crippen molar-refractivity contribution in [1.29, 1.82) is 0 Å². The first kappa shape index (κ1) is 14.0. The van der Waals surface area contributed by atoms with Gasteiger partial charge in [0.1, 0.15) is 5.82 Å². The Morgan fingerprint density at radius 2 is 2.18 bits per heavy atom. The van der Waals surface area contributed by atoms with Gasteiger partial charge in [0.25, 0.3) is 0 Å². The molecule has 0 aromatic heterocycles. The van der Waals surface area contributed by atoms with E-state index in [0.29, 0.717) is 0 Å². The molecule has 0 radical (unpaired) electrons. The number of carbonyl (C=O) groups is 1. The Morgan fingerprint density at radius 1 is 1.47 bits per heavy atom. The van der Waals surface area contributed by atoms with Crippen LogP contribution in [-0.4, -0.2) is 16.9 Å². The standard InChI is InChI=1S/C13H18FNOS/c1-3-4-9-17-10(2)13(16)15-12-8-6-5-7-11(12)14/h5-8,10H,3-4,9H2,1-2H3,(H,15,16). The van der Waals surface area contributed by atoms with E-state index >= 15 is 0 Å². The topological polar surface area (TPSA) is 29.1 Å². The van der Waals surface area contributed by atoms with Crippen LogP contribution in [0.25, 0.3) is 0 Å². The summed E-state index contributed by atoms with van der Waals surface area (Å²) in [5.74, 6) is 0.422. The molecule has 1 rings (SSSR count). The molecule has 0 aliphatic heterocycles. The van der Waals surface area contributed by atoms with Crippen molar-refractivity contribution in [2.75, 3.05) is 11.1 Å². The quantitative estimate of drug-likeness (QED) is 0.785. The Kier molecular flexibility index (Phi) is 6.05. The maximum atomic E-state index is 13.3. The first-order chi connectivity index (χ1) is 8.15. The number of amides is 1. The number of nitrogens with one attached hydrogen (secondary N) is 1. The summed E-state index contributed by atoms with van der Waals surface area (Å²) >= 11 is 1.60. The number of benzene rings is 1. The van der Waals surface area contributed by atoms with Crippen LogP contribution in [0.3, 0.4) is 0 Å². The molecule has 94 valence electrons. The second-order valence-corrected chi connectivity index (χ2v) is 5.28. The van der Waals surface area contributed by atoms with E-state index in [-0.39, 0.29) is 16.8 Å². The zero-order valence-corrected chi connectivity index (χ0v) is 11.0. The zero-order valence-electron chi connectivity index (χ0n) is 10.2. The second kappa shape index (κ2) is 7.33. The van der Waals surface area contributed by atoms with Crippen LogP contribution >= 0.6 is 11.8 Å². The number of para-hydroxylation sites is 1. The molecular formula is C13H18FNOS. The lowest BCUT2D eigenvalue weighted by Crippen LogP contribution is -2.23. The second-order valence-electron chi connectivity index (χ2n) is 3.84. The molecule has 2 nitrogen and oxygen atoms in total. The Balaban J connectivity index is 2.46. The zero-order chi connectivity index (χ0) is 12.7. The summed E-state index contributed by atoms with van der Waals surface area (Å²) in [4.78, 5) is 11.8. The highest BCUT2D eigenvalue weighted by atomic mass is 32.2. The summed E-state index contributed by atoms with van der Waals surface area (Å²) in [5.41, 5.74) is 0.250. The van der Waals surface area contributed by atoms with Crippen molar-refractivity contribution < 1.29 is 9.18 Å². The number of rotatable bonds is 6. The molecule has 0 fully saturated rings. The Bertz CT molecular complexity index is 370. The van der Waals surface area contributed by atoms with Gasteiger partial charge in [-0.05, 0) is 31.2 Å². The largest absolute Gasteiger partial charge is 0.323 e. The molecule has 17 heavy (non-hydrogen) atoms. The van der Waals surface area contributed by atoms with E-state index in [2.05, 4.69) is 12.2 Å². The summed E-state index contributed by atoms with van der Waals surface area (Å²) in [6.07, 6.45) is 2.22.